The summed E-state index contributed by atoms with van der Waals surface area (Å²) in [6, 6.07) is 11.2. The highest BCUT2D eigenvalue weighted by atomic mass is 35.5. The van der Waals surface area contributed by atoms with Gasteiger partial charge >= 0.3 is 0 Å². The number of sulfonamides is 1. The third-order valence-corrected chi connectivity index (χ3v) is 8.86. The molecule has 2 aromatic carbocycles. The molecule has 11 heteroatoms. The van der Waals surface area contributed by atoms with Crippen molar-refractivity contribution >= 4 is 50.7 Å². The van der Waals surface area contributed by atoms with Crippen molar-refractivity contribution < 1.29 is 22.7 Å². The number of carbonyl (C=O) groups excluding carboxylic acids is 1. The number of hydrogen-bond donors (Lipinski definition) is 0. The summed E-state index contributed by atoms with van der Waals surface area (Å²) >= 11 is 18.1. The summed E-state index contributed by atoms with van der Waals surface area (Å²) in [5.41, 5.74) is -0.706. The number of nitrogens with zero attached hydrogens (tertiary/aromatic N) is 2. The van der Waals surface area contributed by atoms with E-state index in [0.717, 1.165) is 0 Å². The van der Waals surface area contributed by atoms with Gasteiger partial charge in [0, 0.05) is 53.1 Å². The van der Waals surface area contributed by atoms with Crippen LogP contribution < -0.4 is 4.74 Å². The third kappa shape index (κ3) is 6.61. The Morgan fingerprint density at radius 1 is 0.971 bits per heavy atom. The molecule has 2 heterocycles. The van der Waals surface area contributed by atoms with E-state index in [1.54, 1.807) is 29.2 Å². The molecule has 2 aliphatic rings. The van der Waals surface area contributed by atoms with Gasteiger partial charge in [0.2, 0.25) is 15.9 Å². The maximum atomic E-state index is 13.5. The normalized spacial score (nSPS) is 21.6. The quantitative estimate of drug-likeness (QED) is 0.488. The van der Waals surface area contributed by atoms with Crippen LogP contribution in [0.4, 0.5) is 0 Å². The van der Waals surface area contributed by atoms with Gasteiger partial charge < -0.3 is 14.4 Å². The Kier molecular flexibility index (Phi) is 8.51. The van der Waals surface area contributed by atoms with Crippen LogP contribution in [0.25, 0.3) is 0 Å². The second kappa shape index (κ2) is 11.2. The van der Waals surface area contributed by atoms with Gasteiger partial charge in [0.25, 0.3) is 0 Å². The molecule has 2 aromatic rings. The second-order valence-corrected chi connectivity index (χ2v) is 12.2. The molecule has 0 spiro atoms. The highest BCUT2D eigenvalue weighted by Gasteiger charge is 2.43. The Morgan fingerprint density at radius 3 is 2.29 bits per heavy atom. The summed E-state index contributed by atoms with van der Waals surface area (Å²) in [6.07, 6.45) is 1.41. The van der Waals surface area contributed by atoms with Crippen LogP contribution >= 0.6 is 34.8 Å². The minimum atomic E-state index is -3.88. The molecule has 0 aromatic heterocycles. The molecule has 2 saturated heterocycles. The van der Waals surface area contributed by atoms with Crippen LogP contribution in [0.15, 0.2) is 47.4 Å². The number of ether oxygens (including phenoxy) is 2. The number of halogens is 3. The van der Waals surface area contributed by atoms with E-state index in [1.165, 1.54) is 22.5 Å². The molecule has 0 saturated carbocycles. The highest BCUT2D eigenvalue weighted by Crippen LogP contribution is 2.38. The number of hydrogen-bond acceptors (Lipinski definition) is 5. The first-order valence-corrected chi connectivity index (χ1v) is 13.9. The van der Waals surface area contributed by atoms with E-state index in [-0.39, 0.29) is 40.4 Å². The molecular formula is C24H27Cl3N2O5S. The minimum Gasteiger partial charge on any atom is -0.493 e. The topological polar surface area (TPSA) is 76.2 Å². The van der Waals surface area contributed by atoms with E-state index in [4.69, 9.17) is 44.3 Å². The van der Waals surface area contributed by atoms with Crippen LogP contribution in [-0.2, 0) is 19.6 Å². The van der Waals surface area contributed by atoms with E-state index in [2.05, 4.69) is 0 Å². The van der Waals surface area contributed by atoms with Crippen molar-refractivity contribution in [3.8, 4) is 5.75 Å². The molecule has 2 fully saturated rings. The standard InChI is InChI=1S/C24H27Cl3N2O5S/c25-18-2-4-21(5-3-18)34-17-24(15-23(30)28-8-10-33-11-9-28)6-1-7-29(16-24)35(31,32)22-13-19(26)12-20(27)14-22/h2-5,12-14H,1,6-11,15-17H2. The molecule has 1 unspecified atom stereocenters. The fourth-order valence-electron chi connectivity index (χ4n) is 4.52. The lowest BCUT2D eigenvalue weighted by Gasteiger charge is -2.42. The van der Waals surface area contributed by atoms with E-state index in [1.807, 2.05) is 0 Å². The van der Waals surface area contributed by atoms with E-state index in [0.29, 0.717) is 56.5 Å². The smallest absolute Gasteiger partial charge is 0.243 e. The van der Waals surface area contributed by atoms with Gasteiger partial charge in [-0.25, -0.2) is 8.42 Å². The lowest BCUT2D eigenvalue weighted by atomic mass is 9.78. The van der Waals surface area contributed by atoms with Crippen LogP contribution in [0.3, 0.4) is 0 Å². The first-order valence-electron chi connectivity index (χ1n) is 11.4. The molecule has 0 aliphatic carbocycles. The van der Waals surface area contributed by atoms with Crippen molar-refractivity contribution in [2.24, 2.45) is 5.41 Å². The number of amides is 1. The van der Waals surface area contributed by atoms with E-state index in [9.17, 15) is 13.2 Å². The molecule has 0 N–H and O–H groups in total. The fraction of sp³-hybridized carbons (Fsp3) is 0.458. The van der Waals surface area contributed by atoms with Crippen LogP contribution in [0.2, 0.25) is 15.1 Å². The summed E-state index contributed by atoms with van der Waals surface area (Å²) in [7, 11) is -3.88. The minimum absolute atomic E-state index is 0.0296. The number of morpholine rings is 1. The van der Waals surface area contributed by atoms with Crippen LogP contribution in [0.1, 0.15) is 19.3 Å². The molecule has 0 radical (unpaired) electrons. The lowest BCUT2D eigenvalue weighted by molar-refractivity contribution is -0.139. The molecule has 35 heavy (non-hydrogen) atoms. The van der Waals surface area contributed by atoms with Gasteiger partial charge in [-0.15, -0.1) is 0 Å². The second-order valence-electron chi connectivity index (χ2n) is 8.96. The first kappa shape index (κ1) is 26.5. The monoisotopic (exact) mass is 560 g/mol. The summed E-state index contributed by atoms with van der Waals surface area (Å²) in [4.78, 5) is 15.0. The van der Waals surface area contributed by atoms with Crippen molar-refractivity contribution in [3.63, 3.8) is 0 Å². The van der Waals surface area contributed by atoms with Gasteiger partial charge in [0.1, 0.15) is 5.75 Å². The molecule has 0 bridgehead atoms. The van der Waals surface area contributed by atoms with Gasteiger partial charge in [-0.1, -0.05) is 34.8 Å². The number of carbonyl (C=O) groups is 1. The van der Waals surface area contributed by atoms with Gasteiger partial charge in [0.05, 0.1) is 24.7 Å². The SMILES string of the molecule is O=C(CC1(COc2ccc(Cl)cc2)CCCN(S(=O)(=O)c2cc(Cl)cc(Cl)c2)C1)N1CCOCC1. The third-order valence-electron chi connectivity index (χ3n) is 6.35. The van der Waals surface area contributed by atoms with Crippen LogP contribution in [0.5, 0.6) is 5.75 Å². The molecule has 1 amide bonds. The number of piperidine rings is 1. The predicted molar refractivity (Wildman–Crippen MR) is 136 cm³/mol. The average molecular weight is 562 g/mol. The summed E-state index contributed by atoms with van der Waals surface area (Å²) in [6.45, 7) is 2.70. The molecular weight excluding hydrogens is 535 g/mol. The summed E-state index contributed by atoms with van der Waals surface area (Å²) < 4.78 is 39.9. The van der Waals surface area contributed by atoms with Gasteiger partial charge in [-0.2, -0.15) is 4.31 Å². The maximum absolute atomic E-state index is 13.5. The highest BCUT2D eigenvalue weighted by molar-refractivity contribution is 7.89. The van der Waals surface area contributed by atoms with Crippen LogP contribution in [-0.4, -0.2) is 69.5 Å². The summed E-state index contributed by atoms with van der Waals surface area (Å²) in [5.74, 6) is 0.576. The zero-order valence-electron chi connectivity index (χ0n) is 19.1. The van der Waals surface area contributed by atoms with Gasteiger partial charge in [0.15, 0.2) is 0 Å². The predicted octanol–water partition coefficient (Wildman–Crippen LogP) is 4.75. The largest absolute Gasteiger partial charge is 0.493 e. The Balaban J connectivity index is 1.59. The molecule has 1 atom stereocenters. The maximum Gasteiger partial charge on any atom is 0.243 e. The number of benzene rings is 2. The first-order chi connectivity index (χ1) is 16.7. The fourth-order valence-corrected chi connectivity index (χ4v) is 6.96. The lowest BCUT2D eigenvalue weighted by Crippen LogP contribution is -2.51. The Labute approximate surface area is 220 Å². The molecule has 4 rings (SSSR count). The van der Waals surface area contributed by atoms with Crippen molar-refractivity contribution in [1.82, 2.24) is 9.21 Å². The zero-order chi connectivity index (χ0) is 25.1. The molecule has 190 valence electrons. The van der Waals surface area contributed by atoms with Crippen molar-refractivity contribution in [1.29, 1.82) is 0 Å². The molecule has 7 nitrogen and oxygen atoms in total. The number of rotatable bonds is 7. The zero-order valence-corrected chi connectivity index (χ0v) is 22.2. The van der Waals surface area contributed by atoms with Gasteiger partial charge in [-0.05, 0) is 55.3 Å². The van der Waals surface area contributed by atoms with Crippen molar-refractivity contribution in [3.05, 3.63) is 57.5 Å². The van der Waals surface area contributed by atoms with Crippen LogP contribution in [0, 0.1) is 5.41 Å². The molecule has 2 aliphatic heterocycles. The van der Waals surface area contributed by atoms with Crippen molar-refractivity contribution in [2.75, 3.05) is 46.0 Å². The Bertz CT molecular complexity index is 1140. The Morgan fingerprint density at radius 2 is 1.63 bits per heavy atom. The van der Waals surface area contributed by atoms with Gasteiger partial charge in [-0.3, -0.25) is 4.79 Å². The average Bonchev–Trinajstić information content (AvgIpc) is 2.84. The van der Waals surface area contributed by atoms with E-state index < -0.39 is 15.4 Å². The van der Waals surface area contributed by atoms with Crippen molar-refractivity contribution in [2.45, 2.75) is 24.2 Å². The van der Waals surface area contributed by atoms with E-state index >= 15 is 0 Å². The Hall–Kier alpha value is -1.55. The summed E-state index contributed by atoms with van der Waals surface area (Å²) in [5, 5.41) is 1.07.